The van der Waals surface area contributed by atoms with Crippen LogP contribution in [0, 0.1) is 9.49 Å². The van der Waals surface area contributed by atoms with Crippen LogP contribution in [0.15, 0.2) is 35.7 Å². The number of nitrogens with one attached hydrogen (secondary N) is 2. The number of carbonyl (C=O) groups is 2. The van der Waals surface area contributed by atoms with Crippen LogP contribution in [-0.2, 0) is 0 Å². The van der Waals surface area contributed by atoms with Crippen molar-refractivity contribution in [3.63, 3.8) is 0 Å². The van der Waals surface area contributed by atoms with Gasteiger partial charge in [-0.25, -0.2) is 0 Å². The third kappa shape index (κ3) is 4.54. The van der Waals surface area contributed by atoms with E-state index >= 15 is 0 Å². The minimum Gasteiger partial charge on any atom is -0.352 e. The Morgan fingerprint density at radius 1 is 1.23 bits per heavy atom. The number of hydrogen-bond acceptors (Lipinski definition) is 3. The van der Waals surface area contributed by atoms with Crippen molar-refractivity contribution in [2.45, 2.75) is 13.8 Å². The van der Waals surface area contributed by atoms with Crippen LogP contribution in [0.25, 0.3) is 0 Å². The number of rotatable bonds is 5. The molecule has 1 heterocycles. The maximum absolute atomic E-state index is 12.3. The molecule has 0 fully saturated rings. The zero-order chi connectivity index (χ0) is 16.1. The Labute approximate surface area is 147 Å². The summed E-state index contributed by atoms with van der Waals surface area (Å²) >= 11 is 3.52. The van der Waals surface area contributed by atoms with E-state index in [1.165, 1.54) is 11.3 Å². The molecule has 2 rings (SSSR count). The molecule has 0 spiro atoms. The fourth-order valence-electron chi connectivity index (χ4n) is 1.80. The highest BCUT2D eigenvalue weighted by Crippen LogP contribution is 2.21. The second kappa shape index (κ2) is 7.73. The van der Waals surface area contributed by atoms with Gasteiger partial charge in [-0.3, -0.25) is 9.59 Å². The van der Waals surface area contributed by atoms with Gasteiger partial charge in [-0.2, -0.15) is 0 Å². The Hall–Kier alpha value is -1.41. The van der Waals surface area contributed by atoms with Gasteiger partial charge in [0.05, 0.1) is 16.1 Å². The second-order valence-electron chi connectivity index (χ2n) is 5.23. The molecule has 0 atom stereocenters. The highest BCUT2D eigenvalue weighted by atomic mass is 127. The molecule has 0 aliphatic carbocycles. The van der Waals surface area contributed by atoms with Crippen molar-refractivity contribution in [3.05, 3.63) is 49.7 Å². The minimum absolute atomic E-state index is 0.173. The van der Waals surface area contributed by atoms with Gasteiger partial charge in [-0.15, -0.1) is 11.3 Å². The molecular weight excluding hydrogens is 411 g/mol. The molecule has 0 aliphatic heterocycles. The smallest absolute Gasteiger partial charge is 0.265 e. The lowest BCUT2D eigenvalue weighted by Gasteiger charge is -2.12. The molecule has 116 valence electrons. The first-order valence-electron chi connectivity index (χ1n) is 6.90. The number of thiophene rings is 1. The number of halogens is 1. The van der Waals surface area contributed by atoms with Crippen molar-refractivity contribution in [2.75, 3.05) is 11.9 Å². The molecule has 0 aliphatic rings. The van der Waals surface area contributed by atoms with Crippen LogP contribution in [0.1, 0.15) is 33.9 Å². The quantitative estimate of drug-likeness (QED) is 0.708. The van der Waals surface area contributed by atoms with Gasteiger partial charge in [0.15, 0.2) is 0 Å². The normalized spacial score (nSPS) is 10.5. The Bertz CT molecular complexity index is 669. The molecule has 0 radical (unpaired) electrons. The molecule has 2 aromatic rings. The van der Waals surface area contributed by atoms with Gasteiger partial charge in [0.2, 0.25) is 0 Å². The van der Waals surface area contributed by atoms with E-state index in [0.717, 1.165) is 3.57 Å². The van der Waals surface area contributed by atoms with Crippen molar-refractivity contribution >= 4 is 51.4 Å². The van der Waals surface area contributed by atoms with E-state index in [-0.39, 0.29) is 11.8 Å². The Morgan fingerprint density at radius 3 is 2.64 bits per heavy atom. The summed E-state index contributed by atoms with van der Waals surface area (Å²) in [5, 5.41) is 7.55. The van der Waals surface area contributed by atoms with E-state index in [2.05, 4.69) is 33.2 Å². The molecule has 0 bridgehead atoms. The predicted octanol–water partition coefficient (Wildman–Crippen LogP) is 3.99. The molecule has 0 saturated heterocycles. The summed E-state index contributed by atoms with van der Waals surface area (Å²) in [6.07, 6.45) is 0. The average Bonchev–Trinajstić information content (AvgIpc) is 3.00. The van der Waals surface area contributed by atoms with E-state index in [1.54, 1.807) is 18.2 Å². The summed E-state index contributed by atoms with van der Waals surface area (Å²) in [4.78, 5) is 25.1. The van der Waals surface area contributed by atoms with Gasteiger partial charge < -0.3 is 10.6 Å². The monoisotopic (exact) mass is 428 g/mol. The molecule has 0 unspecified atom stereocenters. The summed E-state index contributed by atoms with van der Waals surface area (Å²) < 4.78 is 0.946. The van der Waals surface area contributed by atoms with Crippen molar-refractivity contribution < 1.29 is 9.59 Å². The van der Waals surface area contributed by atoms with Crippen LogP contribution in [0.2, 0.25) is 0 Å². The summed E-state index contributed by atoms with van der Waals surface area (Å²) in [6, 6.07) is 8.98. The number of hydrogen-bond donors (Lipinski definition) is 2. The van der Waals surface area contributed by atoms with Crippen LogP contribution in [0.5, 0.6) is 0 Å². The first-order chi connectivity index (χ1) is 10.5. The first-order valence-corrected chi connectivity index (χ1v) is 8.86. The van der Waals surface area contributed by atoms with Gasteiger partial charge in [0, 0.05) is 10.1 Å². The molecule has 2 amide bonds. The fraction of sp³-hybridized carbons (Fsp3) is 0.250. The number of anilines is 1. The van der Waals surface area contributed by atoms with Crippen molar-refractivity contribution in [1.29, 1.82) is 0 Å². The summed E-state index contributed by atoms with van der Waals surface area (Å²) in [5.41, 5.74) is 1.01. The van der Waals surface area contributed by atoms with Crippen molar-refractivity contribution in [3.8, 4) is 0 Å². The van der Waals surface area contributed by atoms with Gasteiger partial charge >= 0.3 is 0 Å². The van der Waals surface area contributed by atoms with Crippen LogP contribution in [0.3, 0.4) is 0 Å². The molecule has 22 heavy (non-hydrogen) atoms. The lowest BCUT2D eigenvalue weighted by atomic mass is 10.1. The third-order valence-corrected chi connectivity index (χ3v) is 4.43. The Balaban J connectivity index is 2.20. The molecular formula is C16H17IN2O2S. The van der Waals surface area contributed by atoms with E-state index in [4.69, 9.17) is 0 Å². The average molecular weight is 428 g/mol. The van der Waals surface area contributed by atoms with Gasteiger partial charge in [0.1, 0.15) is 0 Å². The van der Waals surface area contributed by atoms with Crippen molar-refractivity contribution in [1.82, 2.24) is 5.32 Å². The van der Waals surface area contributed by atoms with E-state index in [9.17, 15) is 9.59 Å². The molecule has 1 aromatic heterocycles. The number of carbonyl (C=O) groups excluding carboxylic acids is 2. The van der Waals surface area contributed by atoms with Crippen molar-refractivity contribution in [2.24, 2.45) is 5.92 Å². The third-order valence-electron chi connectivity index (χ3n) is 2.89. The molecule has 2 N–H and O–H groups in total. The van der Waals surface area contributed by atoms with Crippen LogP contribution in [0.4, 0.5) is 5.69 Å². The zero-order valence-electron chi connectivity index (χ0n) is 12.4. The topological polar surface area (TPSA) is 58.2 Å². The van der Waals surface area contributed by atoms with Gasteiger partial charge in [-0.1, -0.05) is 19.9 Å². The molecule has 6 heteroatoms. The summed E-state index contributed by atoms with van der Waals surface area (Å²) in [7, 11) is 0. The zero-order valence-corrected chi connectivity index (χ0v) is 15.3. The maximum Gasteiger partial charge on any atom is 0.265 e. The largest absolute Gasteiger partial charge is 0.352 e. The van der Waals surface area contributed by atoms with E-state index in [0.29, 0.717) is 28.6 Å². The first kappa shape index (κ1) is 17.0. The van der Waals surface area contributed by atoms with Crippen LogP contribution in [-0.4, -0.2) is 18.4 Å². The fourth-order valence-corrected chi connectivity index (χ4v) is 2.91. The molecule has 0 saturated carbocycles. The molecule has 1 aromatic carbocycles. The lowest BCUT2D eigenvalue weighted by molar-refractivity contribution is 0.0950. The summed E-state index contributed by atoms with van der Waals surface area (Å²) in [5.74, 6) is -0.00120. The number of benzene rings is 1. The van der Waals surface area contributed by atoms with Gasteiger partial charge in [0.25, 0.3) is 11.8 Å². The lowest BCUT2D eigenvalue weighted by Crippen LogP contribution is -2.28. The highest BCUT2D eigenvalue weighted by Gasteiger charge is 2.15. The Kier molecular flexibility index (Phi) is 5.96. The van der Waals surface area contributed by atoms with E-state index in [1.807, 2.05) is 31.4 Å². The highest BCUT2D eigenvalue weighted by molar-refractivity contribution is 14.1. The number of amides is 2. The minimum atomic E-state index is -0.200. The maximum atomic E-state index is 12.3. The Morgan fingerprint density at radius 2 is 2.00 bits per heavy atom. The molecule has 4 nitrogen and oxygen atoms in total. The van der Waals surface area contributed by atoms with Gasteiger partial charge in [-0.05, 0) is 58.2 Å². The standard InChI is InChI=1S/C16H17IN2O2S/c1-10(2)9-18-15(20)12-8-11(17)5-6-13(12)19-16(21)14-4-3-7-22-14/h3-8,10H,9H2,1-2H3,(H,18,20)(H,19,21). The van der Waals surface area contributed by atoms with E-state index < -0.39 is 0 Å². The second-order valence-corrected chi connectivity index (χ2v) is 7.42. The van der Waals surface area contributed by atoms with Crippen LogP contribution < -0.4 is 10.6 Å². The summed E-state index contributed by atoms with van der Waals surface area (Å²) in [6.45, 7) is 4.67. The van der Waals surface area contributed by atoms with Crippen LogP contribution >= 0.6 is 33.9 Å². The SMILES string of the molecule is CC(C)CNC(=O)c1cc(I)ccc1NC(=O)c1cccs1. The predicted molar refractivity (Wildman–Crippen MR) is 98.6 cm³/mol.